The molecule has 2 rings (SSSR count). The molecule has 28 heavy (non-hydrogen) atoms. The number of carbonyl (C=O) groups is 1. The molecule has 0 heterocycles. The van der Waals surface area contributed by atoms with E-state index in [0.29, 0.717) is 17.9 Å². The fourth-order valence-electron chi connectivity index (χ4n) is 2.68. The van der Waals surface area contributed by atoms with Crippen molar-refractivity contribution < 1.29 is 14.3 Å². The van der Waals surface area contributed by atoms with E-state index in [4.69, 9.17) is 9.47 Å². The van der Waals surface area contributed by atoms with Crippen LogP contribution in [0.5, 0.6) is 11.5 Å². The second-order valence-corrected chi connectivity index (χ2v) is 7.65. The van der Waals surface area contributed by atoms with Gasteiger partial charge >= 0.3 is 0 Å². The summed E-state index contributed by atoms with van der Waals surface area (Å²) in [5.74, 6) is 1.22. The number of hydrogen-bond donors (Lipinski definition) is 1. The number of amides is 1. The average molecular weight is 448 g/mol. The molecule has 0 spiro atoms. The van der Waals surface area contributed by atoms with Crippen LogP contribution < -0.4 is 14.8 Å². The Labute approximate surface area is 176 Å². The molecule has 0 unspecified atom stereocenters. The molecule has 1 amide bonds. The first-order valence-electron chi connectivity index (χ1n) is 10.1. The van der Waals surface area contributed by atoms with Crippen molar-refractivity contribution in [2.24, 2.45) is 0 Å². The second-order valence-electron chi connectivity index (χ2n) is 6.73. The van der Waals surface area contributed by atoms with E-state index in [9.17, 15) is 4.79 Å². The van der Waals surface area contributed by atoms with Gasteiger partial charge in [0.25, 0.3) is 5.91 Å². The third kappa shape index (κ3) is 7.55. The molecule has 152 valence electrons. The van der Waals surface area contributed by atoms with Crippen LogP contribution in [-0.4, -0.2) is 19.1 Å². The smallest absolute Gasteiger partial charge is 0.259 e. The molecule has 0 aliphatic rings. The Balaban J connectivity index is 1.94. The number of anilines is 1. The van der Waals surface area contributed by atoms with Crippen molar-refractivity contribution in [1.29, 1.82) is 0 Å². The van der Waals surface area contributed by atoms with Crippen molar-refractivity contribution in [3.8, 4) is 11.5 Å². The van der Waals surface area contributed by atoms with Crippen LogP contribution in [0.15, 0.2) is 46.9 Å². The van der Waals surface area contributed by atoms with Gasteiger partial charge in [0.1, 0.15) is 11.5 Å². The highest BCUT2D eigenvalue weighted by atomic mass is 79.9. The average Bonchev–Trinajstić information content (AvgIpc) is 2.70. The molecule has 0 saturated heterocycles. The second kappa shape index (κ2) is 12.4. The van der Waals surface area contributed by atoms with Crippen LogP contribution in [0.3, 0.4) is 0 Å². The standard InChI is InChI=1S/C23H30BrNO3/c1-3-5-7-8-16-27-20-12-10-19(11-13-20)25-23(26)21-17-18(24)9-14-22(21)28-15-6-4-2/h9-14,17H,3-8,15-16H2,1-2H3,(H,25,26). The lowest BCUT2D eigenvalue weighted by atomic mass is 10.1. The van der Waals surface area contributed by atoms with E-state index in [1.165, 1.54) is 19.3 Å². The van der Waals surface area contributed by atoms with Gasteiger partial charge in [-0.25, -0.2) is 0 Å². The first-order chi connectivity index (χ1) is 13.6. The SMILES string of the molecule is CCCCCCOc1ccc(NC(=O)c2cc(Br)ccc2OCCCC)cc1. The predicted octanol–water partition coefficient (Wildman–Crippen LogP) is 6.84. The fourth-order valence-corrected chi connectivity index (χ4v) is 3.04. The first kappa shape index (κ1) is 22.3. The third-order valence-electron chi connectivity index (χ3n) is 4.32. The Morgan fingerprint density at radius 2 is 1.61 bits per heavy atom. The largest absolute Gasteiger partial charge is 0.494 e. The van der Waals surface area contributed by atoms with Gasteiger partial charge in [0.2, 0.25) is 0 Å². The van der Waals surface area contributed by atoms with E-state index in [2.05, 4.69) is 35.1 Å². The number of benzene rings is 2. The van der Waals surface area contributed by atoms with Gasteiger partial charge in [-0.2, -0.15) is 0 Å². The Bertz CT molecular complexity index is 731. The lowest BCUT2D eigenvalue weighted by Gasteiger charge is -2.12. The molecule has 0 aromatic heterocycles. The molecule has 0 bridgehead atoms. The number of ether oxygens (including phenoxy) is 2. The summed E-state index contributed by atoms with van der Waals surface area (Å²) in [6, 6.07) is 13.0. The van der Waals surface area contributed by atoms with Crippen LogP contribution in [0, 0.1) is 0 Å². The predicted molar refractivity (Wildman–Crippen MR) is 119 cm³/mol. The van der Waals surface area contributed by atoms with Gasteiger partial charge in [-0.15, -0.1) is 0 Å². The number of nitrogens with one attached hydrogen (secondary N) is 1. The van der Waals surface area contributed by atoms with E-state index in [-0.39, 0.29) is 5.91 Å². The number of hydrogen-bond acceptors (Lipinski definition) is 3. The van der Waals surface area contributed by atoms with Gasteiger partial charge in [0, 0.05) is 10.2 Å². The Hall–Kier alpha value is -2.01. The van der Waals surface area contributed by atoms with Crippen LogP contribution in [0.4, 0.5) is 5.69 Å². The van der Waals surface area contributed by atoms with E-state index in [1.54, 1.807) is 6.07 Å². The summed E-state index contributed by atoms with van der Waals surface area (Å²) in [6.45, 7) is 5.63. The zero-order valence-corrected chi connectivity index (χ0v) is 18.4. The molecule has 0 saturated carbocycles. The van der Waals surface area contributed by atoms with E-state index in [0.717, 1.165) is 41.8 Å². The minimum Gasteiger partial charge on any atom is -0.494 e. The van der Waals surface area contributed by atoms with Crippen molar-refractivity contribution in [3.63, 3.8) is 0 Å². The van der Waals surface area contributed by atoms with E-state index >= 15 is 0 Å². The Kier molecular flexibility index (Phi) is 9.91. The maximum atomic E-state index is 12.7. The summed E-state index contributed by atoms with van der Waals surface area (Å²) in [4.78, 5) is 12.7. The van der Waals surface area contributed by atoms with Crippen molar-refractivity contribution in [3.05, 3.63) is 52.5 Å². The Morgan fingerprint density at radius 3 is 2.32 bits per heavy atom. The molecule has 0 aliphatic heterocycles. The number of carbonyl (C=O) groups excluding carboxylic acids is 1. The molecular weight excluding hydrogens is 418 g/mol. The van der Waals surface area contributed by atoms with Crippen molar-refractivity contribution >= 4 is 27.5 Å². The molecule has 2 aromatic carbocycles. The summed E-state index contributed by atoms with van der Waals surface area (Å²) in [5.41, 5.74) is 1.24. The maximum absolute atomic E-state index is 12.7. The highest BCUT2D eigenvalue weighted by molar-refractivity contribution is 9.10. The molecule has 1 N–H and O–H groups in total. The van der Waals surface area contributed by atoms with Crippen LogP contribution in [0.2, 0.25) is 0 Å². The van der Waals surface area contributed by atoms with Gasteiger partial charge < -0.3 is 14.8 Å². The molecule has 0 aliphatic carbocycles. The number of halogens is 1. The van der Waals surface area contributed by atoms with E-state index < -0.39 is 0 Å². The van der Waals surface area contributed by atoms with Gasteiger partial charge in [-0.05, 0) is 55.3 Å². The zero-order valence-electron chi connectivity index (χ0n) is 16.8. The number of rotatable bonds is 12. The summed E-state index contributed by atoms with van der Waals surface area (Å²) in [7, 11) is 0. The fraction of sp³-hybridized carbons (Fsp3) is 0.435. The molecule has 2 aromatic rings. The quantitative estimate of drug-likeness (QED) is 0.362. The highest BCUT2D eigenvalue weighted by Gasteiger charge is 2.14. The molecule has 0 atom stereocenters. The van der Waals surface area contributed by atoms with Gasteiger partial charge in [0.05, 0.1) is 18.8 Å². The lowest BCUT2D eigenvalue weighted by Crippen LogP contribution is -2.14. The third-order valence-corrected chi connectivity index (χ3v) is 4.81. The van der Waals surface area contributed by atoms with Crippen LogP contribution in [0.25, 0.3) is 0 Å². The van der Waals surface area contributed by atoms with Crippen LogP contribution in [-0.2, 0) is 0 Å². The first-order valence-corrected chi connectivity index (χ1v) is 10.9. The van der Waals surface area contributed by atoms with Crippen molar-refractivity contribution in [1.82, 2.24) is 0 Å². The number of unbranched alkanes of at least 4 members (excludes halogenated alkanes) is 4. The van der Waals surface area contributed by atoms with Gasteiger partial charge in [-0.1, -0.05) is 55.5 Å². The topological polar surface area (TPSA) is 47.6 Å². The van der Waals surface area contributed by atoms with Gasteiger partial charge in [-0.3, -0.25) is 4.79 Å². The minimum absolute atomic E-state index is 0.193. The Morgan fingerprint density at radius 1 is 0.893 bits per heavy atom. The minimum atomic E-state index is -0.193. The monoisotopic (exact) mass is 447 g/mol. The molecule has 4 nitrogen and oxygen atoms in total. The van der Waals surface area contributed by atoms with Crippen LogP contribution >= 0.6 is 15.9 Å². The van der Waals surface area contributed by atoms with Gasteiger partial charge in [0.15, 0.2) is 0 Å². The van der Waals surface area contributed by atoms with Crippen LogP contribution in [0.1, 0.15) is 62.7 Å². The molecule has 0 fully saturated rings. The van der Waals surface area contributed by atoms with Crippen molar-refractivity contribution in [2.75, 3.05) is 18.5 Å². The summed E-state index contributed by atoms with van der Waals surface area (Å²) >= 11 is 3.43. The molecule has 0 radical (unpaired) electrons. The molecular formula is C23H30BrNO3. The normalized spacial score (nSPS) is 10.5. The lowest BCUT2D eigenvalue weighted by molar-refractivity contribution is 0.102. The van der Waals surface area contributed by atoms with Crippen molar-refractivity contribution in [2.45, 2.75) is 52.4 Å². The molecule has 5 heteroatoms. The summed E-state index contributed by atoms with van der Waals surface area (Å²) < 4.78 is 12.4. The summed E-state index contributed by atoms with van der Waals surface area (Å²) in [6.07, 6.45) is 6.73. The summed E-state index contributed by atoms with van der Waals surface area (Å²) in [5, 5.41) is 2.93. The zero-order chi connectivity index (χ0) is 20.2. The maximum Gasteiger partial charge on any atom is 0.259 e. The van der Waals surface area contributed by atoms with E-state index in [1.807, 2.05) is 36.4 Å². The highest BCUT2D eigenvalue weighted by Crippen LogP contribution is 2.25.